The van der Waals surface area contributed by atoms with Gasteiger partial charge in [-0.3, -0.25) is 9.59 Å². The molecule has 0 heterocycles. The third-order valence-corrected chi connectivity index (χ3v) is 3.02. The van der Waals surface area contributed by atoms with Crippen molar-refractivity contribution >= 4 is 11.8 Å². The fraction of sp³-hybridized carbons (Fsp3) is 0.400. The average Bonchev–Trinajstić information content (AvgIpc) is 2.45. The van der Waals surface area contributed by atoms with E-state index < -0.39 is 5.41 Å². The van der Waals surface area contributed by atoms with Gasteiger partial charge in [-0.05, 0) is 31.5 Å². The van der Waals surface area contributed by atoms with Crippen LogP contribution in [0.5, 0.6) is 0 Å². The van der Waals surface area contributed by atoms with E-state index in [4.69, 9.17) is 5.26 Å². The zero-order valence-electron chi connectivity index (χ0n) is 12.0. The molecule has 106 valence electrons. The molecule has 0 saturated carbocycles. The lowest BCUT2D eigenvalue weighted by Crippen LogP contribution is -2.44. The van der Waals surface area contributed by atoms with Crippen LogP contribution in [0.3, 0.4) is 0 Å². The second kappa shape index (κ2) is 6.71. The molecule has 5 heteroatoms. The Kier molecular flexibility index (Phi) is 5.27. The van der Waals surface area contributed by atoms with Gasteiger partial charge in [-0.15, -0.1) is 0 Å². The highest BCUT2D eigenvalue weighted by molar-refractivity contribution is 5.83. The van der Waals surface area contributed by atoms with Gasteiger partial charge in [0.15, 0.2) is 0 Å². The maximum Gasteiger partial charge on any atom is 0.227 e. The predicted molar refractivity (Wildman–Crippen MR) is 75.7 cm³/mol. The number of nitrogens with one attached hydrogen (secondary N) is 2. The van der Waals surface area contributed by atoms with Gasteiger partial charge in [0, 0.05) is 13.6 Å². The van der Waals surface area contributed by atoms with Crippen LogP contribution in [-0.4, -0.2) is 25.4 Å². The van der Waals surface area contributed by atoms with E-state index in [1.54, 1.807) is 45.2 Å². The molecule has 5 nitrogen and oxygen atoms in total. The summed E-state index contributed by atoms with van der Waals surface area (Å²) in [6, 6.07) is 8.89. The van der Waals surface area contributed by atoms with Gasteiger partial charge in [-0.1, -0.05) is 12.1 Å². The summed E-state index contributed by atoms with van der Waals surface area (Å²) in [4.78, 5) is 23.4. The largest absolute Gasteiger partial charge is 0.359 e. The summed E-state index contributed by atoms with van der Waals surface area (Å²) in [5, 5.41) is 14.0. The Hall–Kier alpha value is -2.35. The van der Waals surface area contributed by atoms with Gasteiger partial charge in [0.1, 0.15) is 0 Å². The number of amides is 2. The number of rotatable bonds is 5. The van der Waals surface area contributed by atoms with Crippen molar-refractivity contribution in [3.63, 3.8) is 0 Å². The van der Waals surface area contributed by atoms with Crippen LogP contribution < -0.4 is 10.6 Å². The maximum atomic E-state index is 11.8. The minimum atomic E-state index is -0.644. The fourth-order valence-electron chi connectivity index (χ4n) is 1.68. The maximum absolute atomic E-state index is 11.8. The van der Waals surface area contributed by atoms with Crippen molar-refractivity contribution in [2.45, 2.75) is 20.3 Å². The number of hydrogen-bond acceptors (Lipinski definition) is 3. The molecule has 0 saturated heterocycles. The third-order valence-electron chi connectivity index (χ3n) is 3.02. The van der Waals surface area contributed by atoms with Gasteiger partial charge < -0.3 is 10.6 Å². The molecular weight excluding hydrogens is 254 g/mol. The van der Waals surface area contributed by atoms with Crippen molar-refractivity contribution in [1.29, 1.82) is 5.26 Å². The fourth-order valence-corrected chi connectivity index (χ4v) is 1.68. The molecule has 0 spiro atoms. The van der Waals surface area contributed by atoms with Crippen LogP contribution in [0.2, 0.25) is 0 Å². The number of carbonyl (C=O) groups is 2. The zero-order chi connectivity index (χ0) is 15.2. The van der Waals surface area contributed by atoms with Gasteiger partial charge in [-0.25, -0.2) is 0 Å². The highest BCUT2D eigenvalue weighted by atomic mass is 16.2. The summed E-state index contributed by atoms with van der Waals surface area (Å²) in [7, 11) is 1.57. The van der Waals surface area contributed by atoms with E-state index in [0.29, 0.717) is 5.56 Å². The number of nitrogens with zero attached hydrogens (tertiary/aromatic N) is 1. The molecule has 0 bridgehead atoms. The molecule has 2 amide bonds. The van der Waals surface area contributed by atoms with Crippen molar-refractivity contribution < 1.29 is 9.59 Å². The minimum absolute atomic E-state index is 0.115. The topological polar surface area (TPSA) is 82.0 Å². The standard InChI is InChI=1S/C15H19N3O2/c1-15(2,14(20)17-3)10-18-13(19)8-11-4-6-12(9-16)7-5-11/h4-7H,8,10H2,1-3H3,(H,17,20)(H,18,19). The first kappa shape index (κ1) is 15.7. The van der Waals surface area contributed by atoms with Crippen LogP contribution >= 0.6 is 0 Å². The van der Waals surface area contributed by atoms with Crippen LogP contribution in [0.15, 0.2) is 24.3 Å². The van der Waals surface area contributed by atoms with Crippen molar-refractivity contribution in [1.82, 2.24) is 10.6 Å². The zero-order valence-corrected chi connectivity index (χ0v) is 12.0. The van der Waals surface area contributed by atoms with E-state index in [0.717, 1.165) is 5.56 Å². The normalized spacial score (nSPS) is 10.5. The van der Waals surface area contributed by atoms with Crippen LogP contribution in [0.4, 0.5) is 0 Å². The van der Waals surface area contributed by atoms with Gasteiger partial charge in [0.25, 0.3) is 0 Å². The predicted octanol–water partition coefficient (Wildman–Crippen LogP) is 0.989. The van der Waals surface area contributed by atoms with Crippen LogP contribution in [0.1, 0.15) is 25.0 Å². The molecule has 2 N–H and O–H groups in total. The lowest BCUT2D eigenvalue weighted by molar-refractivity contribution is -0.129. The monoisotopic (exact) mass is 273 g/mol. The van der Waals surface area contributed by atoms with Gasteiger partial charge >= 0.3 is 0 Å². The Bertz CT molecular complexity index is 527. The summed E-state index contributed by atoms with van der Waals surface area (Å²) in [5.74, 6) is -0.261. The number of benzene rings is 1. The molecule has 0 aliphatic heterocycles. The van der Waals surface area contributed by atoms with Crippen molar-refractivity contribution in [3.05, 3.63) is 35.4 Å². The smallest absolute Gasteiger partial charge is 0.227 e. The molecule has 1 rings (SSSR count). The van der Waals surface area contributed by atoms with Crippen molar-refractivity contribution in [2.24, 2.45) is 5.41 Å². The quantitative estimate of drug-likeness (QED) is 0.839. The third kappa shape index (κ3) is 4.39. The Balaban J connectivity index is 2.52. The first-order valence-electron chi connectivity index (χ1n) is 6.37. The van der Waals surface area contributed by atoms with Crippen LogP contribution in [0, 0.1) is 16.7 Å². The van der Waals surface area contributed by atoms with Crippen LogP contribution in [-0.2, 0) is 16.0 Å². The summed E-state index contributed by atoms with van der Waals surface area (Å²) < 4.78 is 0. The summed E-state index contributed by atoms with van der Waals surface area (Å²) >= 11 is 0. The SMILES string of the molecule is CNC(=O)C(C)(C)CNC(=O)Cc1ccc(C#N)cc1. The molecule has 0 radical (unpaired) electrons. The molecule has 0 fully saturated rings. The van der Waals surface area contributed by atoms with Crippen LogP contribution in [0.25, 0.3) is 0 Å². The van der Waals surface area contributed by atoms with E-state index in [-0.39, 0.29) is 24.8 Å². The number of carbonyl (C=O) groups excluding carboxylic acids is 2. The number of nitriles is 1. The van der Waals surface area contributed by atoms with Crippen molar-refractivity contribution in [3.8, 4) is 6.07 Å². The second-order valence-corrected chi connectivity index (χ2v) is 5.23. The van der Waals surface area contributed by atoms with Gasteiger partial charge in [0.05, 0.1) is 23.5 Å². The Labute approximate surface area is 119 Å². The molecular formula is C15H19N3O2. The van der Waals surface area contributed by atoms with E-state index in [1.807, 2.05) is 6.07 Å². The summed E-state index contributed by atoms with van der Waals surface area (Å²) in [5.41, 5.74) is 0.754. The lowest BCUT2D eigenvalue weighted by atomic mass is 9.92. The highest BCUT2D eigenvalue weighted by Gasteiger charge is 2.26. The Morgan fingerprint density at radius 1 is 1.25 bits per heavy atom. The van der Waals surface area contributed by atoms with E-state index in [9.17, 15) is 9.59 Å². The van der Waals surface area contributed by atoms with E-state index >= 15 is 0 Å². The van der Waals surface area contributed by atoms with Gasteiger partial charge in [-0.2, -0.15) is 5.26 Å². The highest BCUT2D eigenvalue weighted by Crippen LogP contribution is 2.13. The molecule has 0 aliphatic carbocycles. The molecule has 20 heavy (non-hydrogen) atoms. The van der Waals surface area contributed by atoms with Gasteiger partial charge in [0.2, 0.25) is 11.8 Å². The minimum Gasteiger partial charge on any atom is -0.359 e. The molecule has 0 aliphatic rings. The Morgan fingerprint density at radius 2 is 1.85 bits per heavy atom. The molecule has 1 aromatic carbocycles. The Morgan fingerprint density at radius 3 is 2.35 bits per heavy atom. The summed E-state index contributed by atoms with van der Waals surface area (Å²) in [6.07, 6.45) is 0.232. The molecule has 0 atom stereocenters. The first-order valence-corrected chi connectivity index (χ1v) is 6.37. The van der Waals surface area contributed by atoms with E-state index in [1.165, 1.54) is 0 Å². The van der Waals surface area contributed by atoms with E-state index in [2.05, 4.69) is 10.6 Å². The van der Waals surface area contributed by atoms with Crippen molar-refractivity contribution in [2.75, 3.05) is 13.6 Å². The molecule has 1 aromatic rings. The first-order chi connectivity index (χ1) is 9.39. The summed E-state index contributed by atoms with van der Waals surface area (Å²) in [6.45, 7) is 3.82. The average molecular weight is 273 g/mol. The lowest BCUT2D eigenvalue weighted by Gasteiger charge is -2.22. The molecule has 0 unspecified atom stereocenters. The second-order valence-electron chi connectivity index (χ2n) is 5.23. The molecule has 0 aromatic heterocycles. The number of hydrogen-bond donors (Lipinski definition) is 2.